The van der Waals surface area contributed by atoms with E-state index in [4.69, 9.17) is 9.47 Å². The molecule has 2 amide bonds. The van der Waals surface area contributed by atoms with Gasteiger partial charge in [0.15, 0.2) is 0 Å². The van der Waals surface area contributed by atoms with E-state index in [1.807, 2.05) is 13.8 Å². The molecule has 2 aliphatic rings. The van der Waals surface area contributed by atoms with Gasteiger partial charge in [-0.2, -0.15) is 0 Å². The zero-order valence-electron chi connectivity index (χ0n) is 12.3. The standard InChI is InChI=1S/C13H18N2O6/c1-7(2)8-9-10(21-11(8)16)15(13(18)20-4)6-5-14(9)12(17)19-3/h5-10H,1-4H3/t8-,9-,10+/m0/s1. The Labute approximate surface area is 122 Å². The van der Waals surface area contributed by atoms with Crippen LogP contribution >= 0.6 is 0 Å². The van der Waals surface area contributed by atoms with E-state index in [2.05, 4.69) is 4.74 Å². The molecular formula is C13H18N2O6. The maximum Gasteiger partial charge on any atom is 0.416 e. The van der Waals surface area contributed by atoms with Gasteiger partial charge in [-0.05, 0) is 5.92 Å². The molecule has 116 valence electrons. The highest BCUT2D eigenvalue weighted by atomic mass is 16.6. The minimum absolute atomic E-state index is 0.0642. The van der Waals surface area contributed by atoms with Gasteiger partial charge in [-0.3, -0.25) is 9.69 Å². The number of hydrogen-bond acceptors (Lipinski definition) is 6. The second-order valence-corrected chi connectivity index (χ2v) is 5.14. The first-order valence-electron chi connectivity index (χ1n) is 6.53. The number of amides is 2. The van der Waals surface area contributed by atoms with E-state index in [0.717, 1.165) is 4.90 Å². The topological polar surface area (TPSA) is 85.4 Å². The maximum atomic E-state index is 12.1. The first-order valence-corrected chi connectivity index (χ1v) is 6.53. The highest BCUT2D eigenvalue weighted by molar-refractivity contribution is 5.81. The van der Waals surface area contributed by atoms with Crippen LogP contribution in [0.25, 0.3) is 0 Å². The van der Waals surface area contributed by atoms with Crippen molar-refractivity contribution in [2.24, 2.45) is 11.8 Å². The molecule has 8 heteroatoms. The monoisotopic (exact) mass is 298 g/mol. The van der Waals surface area contributed by atoms with Crippen LogP contribution in [0.4, 0.5) is 9.59 Å². The van der Waals surface area contributed by atoms with E-state index < -0.39 is 36.3 Å². The van der Waals surface area contributed by atoms with Crippen LogP contribution in [0.3, 0.4) is 0 Å². The number of carbonyl (C=O) groups excluding carboxylic acids is 3. The Balaban J connectivity index is 2.42. The molecule has 21 heavy (non-hydrogen) atoms. The fourth-order valence-corrected chi connectivity index (χ4v) is 2.67. The Morgan fingerprint density at radius 3 is 2.19 bits per heavy atom. The van der Waals surface area contributed by atoms with Gasteiger partial charge in [-0.25, -0.2) is 14.5 Å². The molecule has 0 aromatic rings. The van der Waals surface area contributed by atoms with Crippen LogP contribution in [-0.2, 0) is 19.0 Å². The molecular weight excluding hydrogens is 280 g/mol. The predicted octanol–water partition coefficient (Wildman–Crippen LogP) is 1.13. The lowest BCUT2D eigenvalue weighted by Crippen LogP contribution is -2.55. The van der Waals surface area contributed by atoms with Crippen molar-refractivity contribution in [2.75, 3.05) is 14.2 Å². The molecule has 0 aromatic carbocycles. The van der Waals surface area contributed by atoms with Gasteiger partial charge in [0.25, 0.3) is 0 Å². The fourth-order valence-electron chi connectivity index (χ4n) is 2.67. The molecule has 2 heterocycles. The average Bonchev–Trinajstić information content (AvgIpc) is 2.81. The van der Waals surface area contributed by atoms with Crippen LogP contribution < -0.4 is 0 Å². The summed E-state index contributed by atoms with van der Waals surface area (Å²) in [6.45, 7) is 3.70. The molecule has 1 fully saturated rings. The van der Waals surface area contributed by atoms with Gasteiger partial charge in [0.2, 0.25) is 6.23 Å². The fraction of sp³-hybridized carbons (Fsp3) is 0.615. The van der Waals surface area contributed by atoms with E-state index in [9.17, 15) is 14.4 Å². The lowest BCUT2D eigenvalue weighted by Gasteiger charge is -2.38. The van der Waals surface area contributed by atoms with Gasteiger partial charge in [-0.15, -0.1) is 0 Å². The Hall–Kier alpha value is -2.25. The van der Waals surface area contributed by atoms with Crippen molar-refractivity contribution >= 4 is 18.2 Å². The smallest absolute Gasteiger partial charge is 0.416 e. The highest BCUT2D eigenvalue weighted by Gasteiger charge is 2.55. The van der Waals surface area contributed by atoms with Gasteiger partial charge in [0.05, 0.1) is 20.1 Å². The van der Waals surface area contributed by atoms with E-state index >= 15 is 0 Å². The quantitative estimate of drug-likeness (QED) is 0.533. The summed E-state index contributed by atoms with van der Waals surface area (Å²) in [5, 5.41) is 0. The van der Waals surface area contributed by atoms with Crippen LogP contribution in [0.1, 0.15) is 13.8 Å². The molecule has 0 spiro atoms. The summed E-state index contributed by atoms with van der Waals surface area (Å²) >= 11 is 0. The lowest BCUT2D eigenvalue weighted by molar-refractivity contribution is -0.149. The Kier molecular flexibility index (Phi) is 4.06. The molecule has 3 atom stereocenters. The number of fused-ring (bicyclic) bond motifs is 1. The van der Waals surface area contributed by atoms with Gasteiger partial charge in [-0.1, -0.05) is 13.8 Å². The molecule has 0 N–H and O–H groups in total. The van der Waals surface area contributed by atoms with Crippen LogP contribution in [0.5, 0.6) is 0 Å². The van der Waals surface area contributed by atoms with Crippen molar-refractivity contribution < 1.29 is 28.6 Å². The lowest BCUT2D eigenvalue weighted by atomic mass is 9.88. The van der Waals surface area contributed by atoms with Gasteiger partial charge in [0, 0.05) is 12.4 Å². The van der Waals surface area contributed by atoms with Crippen LogP contribution in [0.2, 0.25) is 0 Å². The third-order valence-electron chi connectivity index (χ3n) is 3.64. The summed E-state index contributed by atoms with van der Waals surface area (Å²) in [6.07, 6.45) is 0.528. The van der Waals surface area contributed by atoms with E-state index in [1.54, 1.807) is 0 Å². The first-order chi connectivity index (χ1) is 9.92. The number of carbonyl (C=O) groups is 3. The Bertz CT molecular complexity index is 489. The van der Waals surface area contributed by atoms with Crippen LogP contribution in [0, 0.1) is 11.8 Å². The zero-order valence-corrected chi connectivity index (χ0v) is 12.3. The summed E-state index contributed by atoms with van der Waals surface area (Å²) in [5.74, 6) is -1.07. The minimum Gasteiger partial charge on any atom is -0.452 e. The SMILES string of the molecule is COC(=O)N1C=CN(C(=O)OC)[C@@H]2OC(=O)[C@@H](C(C)C)[C@@H]21. The van der Waals surface area contributed by atoms with Gasteiger partial charge < -0.3 is 14.2 Å². The molecule has 0 unspecified atom stereocenters. The molecule has 0 aliphatic carbocycles. The number of methoxy groups -OCH3 is 2. The summed E-state index contributed by atoms with van der Waals surface area (Å²) in [5.41, 5.74) is 0. The number of rotatable bonds is 1. The van der Waals surface area contributed by atoms with E-state index in [-0.39, 0.29) is 5.92 Å². The summed E-state index contributed by atoms with van der Waals surface area (Å²) < 4.78 is 14.7. The summed E-state index contributed by atoms with van der Waals surface area (Å²) in [6, 6.07) is -0.644. The van der Waals surface area contributed by atoms with Crippen molar-refractivity contribution in [1.82, 2.24) is 9.80 Å². The normalized spacial score (nSPS) is 27.5. The minimum atomic E-state index is -0.915. The van der Waals surface area contributed by atoms with Gasteiger partial charge in [0.1, 0.15) is 6.04 Å². The van der Waals surface area contributed by atoms with Crippen molar-refractivity contribution in [3.8, 4) is 0 Å². The van der Waals surface area contributed by atoms with Crippen molar-refractivity contribution in [3.05, 3.63) is 12.4 Å². The summed E-state index contributed by atoms with van der Waals surface area (Å²) in [4.78, 5) is 38.2. The Morgan fingerprint density at radius 1 is 1.14 bits per heavy atom. The van der Waals surface area contributed by atoms with Crippen molar-refractivity contribution in [1.29, 1.82) is 0 Å². The van der Waals surface area contributed by atoms with Crippen molar-refractivity contribution in [3.63, 3.8) is 0 Å². The first kappa shape index (κ1) is 15.1. The number of nitrogens with zero attached hydrogens (tertiary/aromatic N) is 2. The van der Waals surface area contributed by atoms with Crippen LogP contribution in [0.15, 0.2) is 12.4 Å². The maximum absolute atomic E-state index is 12.1. The summed E-state index contributed by atoms with van der Waals surface area (Å²) in [7, 11) is 2.48. The van der Waals surface area contributed by atoms with Crippen LogP contribution in [-0.4, -0.2) is 54.4 Å². The van der Waals surface area contributed by atoms with E-state index in [1.165, 1.54) is 31.5 Å². The molecule has 0 bridgehead atoms. The third kappa shape index (κ3) is 2.41. The second kappa shape index (κ2) is 5.63. The molecule has 8 nitrogen and oxygen atoms in total. The number of hydrogen-bond donors (Lipinski definition) is 0. The molecule has 2 aliphatic heterocycles. The average molecular weight is 298 g/mol. The van der Waals surface area contributed by atoms with Crippen molar-refractivity contribution in [2.45, 2.75) is 26.1 Å². The molecule has 0 saturated carbocycles. The third-order valence-corrected chi connectivity index (χ3v) is 3.64. The zero-order chi connectivity index (χ0) is 15.7. The van der Waals surface area contributed by atoms with E-state index in [0.29, 0.717) is 0 Å². The number of esters is 1. The predicted molar refractivity (Wildman–Crippen MR) is 69.6 cm³/mol. The Morgan fingerprint density at radius 2 is 1.67 bits per heavy atom. The molecule has 0 radical (unpaired) electrons. The molecule has 2 rings (SSSR count). The van der Waals surface area contributed by atoms with Gasteiger partial charge >= 0.3 is 18.2 Å². The molecule has 0 aromatic heterocycles. The number of ether oxygens (including phenoxy) is 3. The largest absolute Gasteiger partial charge is 0.452 e. The second-order valence-electron chi connectivity index (χ2n) is 5.14. The highest BCUT2D eigenvalue weighted by Crippen LogP contribution is 2.37. The molecule has 1 saturated heterocycles.